The number of anilines is 1. The Labute approximate surface area is 127 Å². The molecule has 2 atom stereocenters. The molecule has 1 aliphatic rings. The van der Waals surface area contributed by atoms with Crippen molar-refractivity contribution in [1.29, 1.82) is 0 Å². The Balaban J connectivity index is 2.10. The van der Waals surface area contributed by atoms with Crippen molar-refractivity contribution in [2.45, 2.75) is 52.2 Å². The van der Waals surface area contributed by atoms with Crippen molar-refractivity contribution in [3.05, 3.63) is 29.8 Å². The second kappa shape index (κ2) is 5.78. The molecule has 1 fully saturated rings. The van der Waals surface area contributed by atoms with Gasteiger partial charge < -0.3 is 15.8 Å². The highest BCUT2D eigenvalue weighted by molar-refractivity contribution is 5.99. The molecule has 0 saturated heterocycles. The zero-order valence-corrected chi connectivity index (χ0v) is 13.4. The number of rotatable bonds is 5. The van der Waals surface area contributed by atoms with Crippen LogP contribution >= 0.6 is 0 Å². The molecule has 3 N–H and O–H groups in total. The summed E-state index contributed by atoms with van der Waals surface area (Å²) in [7, 11) is 0. The van der Waals surface area contributed by atoms with Crippen LogP contribution < -0.4 is 11.1 Å². The highest BCUT2D eigenvalue weighted by Gasteiger charge is 2.62. The van der Waals surface area contributed by atoms with Crippen LogP contribution in [0.3, 0.4) is 0 Å². The van der Waals surface area contributed by atoms with Crippen LogP contribution in [0.2, 0.25) is 0 Å². The van der Waals surface area contributed by atoms with Crippen molar-refractivity contribution in [2.24, 2.45) is 11.1 Å². The zero-order valence-electron chi connectivity index (χ0n) is 13.4. The summed E-state index contributed by atoms with van der Waals surface area (Å²) < 4.78 is 5.67. The molecule has 0 aromatic heterocycles. The van der Waals surface area contributed by atoms with E-state index in [2.05, 4.69) is 12.2 Å². The topological polar surface area (TPSA) is 64.3 Å². The minimum Gasteiger partial charge on any atom is -0.378 e. The number of benzene rings is 1. The first-order chi connectivity index (χ1) is 9.85. The maximum Gasteiger partial charge on any atom is 0.245 e. The molecule has 4 nitrogen and oxygen atoms in total. The maximum absolute atomic E-state index is 12.6. The molecule has 0 aliphatic heterocycles. The lowest BCUT2D eigenvalue weighted by atomic mass is 9.54. The predicted molar refractivity (Wildman–Crippen MR) is 85.2 cm³/mol. The first-order valence-electron chi connectivity index (χ1n) is 7.66. The molecule has 0 bridgehead atoms. The van der Waals surface area contributed by atoms with Gasteiger partial charge in [-0.25, -0.2) is 0 Å². The maximum atomic E-state index is 12.6. The minimum atomic E-state index is -0.880. The fraction of sp³-hybridized carbons (Fsp3) is 0.588. The van der Waals surface area contributed by atoms with E-state index in [0.717, 1.165) is 12.1 Å². The molecule has 0 spiro atoms. The fourth-order valence-corrected chi connectivity index (χ4v) is 2.93. The van der Waals surface area contributed by atoms with Gasteiger partial charge in [0.1, 0.15) is 5.54 Å². The molecule has 1 saturated carbocycles. The molecule has 1 aliphatic carbocycles. The highest BCUT2D eigenvalue weighted by Crippen LogP contribution is 2.50. The molecule has 2 rings (SSSR count). The molecule has 4 heteroatoms. The molecule has 0 radical (unpaired) electrons. The second-order valence-corrected chi connectivity index (χ2v) is 6.35. The van der Waals surface area contributed by atoms with Crippen LogP contribution in [-0.4, -0.2) is 24.2 Å². The zero-order chi connectivity index (χ0) is 15.7. The fourth-order valence-electron chi connectivity index (χ4n) is 2.93. The Bertz CT molecular complexity index is 527. The van der Waals surface area contributed by atoms with E-state index in [9.17, 15) is 4.79 Å². The highest BCUT2D eigenvalue weighted by atomic mass is 16.5. The Kier molecular flexibility index (Phi) is 4.40. The summed E-state index contributed by atoms with van der Waals surface area (Å²) in [6.45, 7) is 8.69. The standard InChI is InChI=1S/C17H26N2O2/c1-5-12-8-7-9-13(10-12)19-15(20)17(18)11-14(21-6-2)16(17,3)4/h7-10,14H,5-6,11,18H2,1-4H3,(H,19,20). The smallest absolute Gasteiger partial charge is 0.245 e. The summed E-state index contributed by atoms with van der Waals surface area (Å²) in [5.41, 5.74) is 7.12. The van der Waals surface area contributed by atoms with Crippen LogP contribution in [0, 0.1) is 5.41 Å². The molecular weight excluding hydrogens is 264 g/mol. The van der Waals surface area contributed by atoms with Crippen molar-refractivity contribution in [2.75, 3.05) is 11.9 Å². The third-order valence-corrected chi connectivity index (χ3v) is 4.83. The van der Waals surface area contributed by atoms with Crippen molar-refractivity contribution < 1.29 is 9.53 Å². The Morgan fingerprint density at radius 1 is 1.43 bits per heavy atom. The second-order valence-electron chi connectivity index (χ2n) is 6.35. The lowest BCUT2D eigenvalue weighted by Gasteiger charge is -2.57. The Morgan fingerprint density at radius 3 is 2.71 bits per heavy atom. The van der Waals surface area contributed by atoms with Crippen molar-refractivity contribution in [3.8, 4) is 0 Å². The van der Waals surface area contributed by atoms with Gasteiger partial charge in [-0.15, -0.1) is 0 Å². The van der Waals surface area contributed by atoms with Crippen LogP contribution in [0.5, 0.6) is 0 Å². The molecule has 1 amide bonds. The number of ether oxygens (including phenoxy) is 1. The number of carbonyl (C=O) groups is 1. The van der Waals surface area contributed by atoms with E-state index in [0.29, 0.717) is 13.0 Å². The Hall–Kier alpha value is -1.39. The van der Waals surface area contributed by atoms with Crippen LogP contribution in [0.4, 0.5) is 5.69 Å². The van der Waals surface area contributed by atoms with Gasteiger partial charge in [0.2, 0.25) is 5.91 Å². The summed E-state index contributed by atoms with van der Waals surface area (Å²) in [6.07, 6.45) is 1.54. The SMILES string of the molecule is CCOC1CC(N)(C(=O)Nc2cccc(CC)c2)C1(C)C. The van der Waals surface area contributed by atoms with E-state index >= 15 is 0 Å². The molecule has 1 aromatic carbocycles. The van der Waals surface area contributed by atoms with Crippen LogP contribution in [-0.2, 0) is 16.0 Å². The van der Waals surface area contributed by atoms with Crippen molar-refractivity contribution >= 4 is 11.6 Å². The molecule has 21 heavy (non-hydrogen) atoms. The lowest BCUT2D eigenvalue weighted by Crippen LogP contribution is -2.74. The normalized spacial score (nSPS) is 27.0. The monoisotopic (exact) mass is 290 g/mol. The van der Waals surface area contributed by atoms with E-state index in [1.165, 1.54) is 5.56 Å². The van der Waals surface area contributed by atoms with E-state index in [1.54, 1.807) is 0 Å². The van der Waals surface area contributed by atoms with Crippen LogP contribution in [0.15, 0.2) is 24.3 Å². The van der Waals surface area contributed by atoms with Crippen molar-refractivity contribution in [3.63, 3.8) is 0 Å². The third kappa shape index (κ3) is 2.70. The average molecular weight is 290 g/mol. The van der Waals surface area contributed by atoms with Gasteiger partial charge >= 0.3 is 0 Å². The summed E-state index contributed by atoms with van der Waals surface area (Å²) in [6, 6.07) is 7.89. The number of aryl methyl sites for hydroxylation is 1. The lowest BCUT2D eigenvalue weighted by molar-refractivity contribution is -0.166. The number of carbonyl (C=O) groups excluding carboxylic acids is 1. The number of hydrogen-bond acceptors (Lipinski definition) is 3. The molecule has 1 aromatic rings. The summed E-state index contributed by atoms with van der Waals surface area (Å²) in [5.74, 6) is -0.128. The molecule has 2 unspecified atom stereocenters. The van der Waals surface area contributed by atoms with Crippen LogP contribution in [0.25, 0.3) is 0 Å². The van der Waals surface area contributed by atoms with Crippen molar-refractivity contribution in [1.82, 2.24) is 0 Å². The largest absolute Gasteiger partial charge is 0.378 e. The number of nitrogens with two attached hydrogens (primary N) is 1. The predicted octanol–water partition coefficient (Wildman–Crippen LogP) is 2.72. The third-order valence-electron chi connectivity index (χ3n) is 4.83. The van der Waals surface area contributed by atoms with Gasteiger partial charge in [-0.3, -0.25) is 4.79 Å². The number of hydrogen-bond donors (Lipinski definition) is 2. The first-order valence-corrected chi connectivity index (χ1v) is 7.66. The van der Waals surface area contributed by atoms with E-state index in [4.69, 9.17) is 10.5 Å². The van der Waals surface area contributed by atoms with Gasteiger partial charge in [0.15, 0.2) is 0 Å². The molecule has 0 heterocycles. The van der Waals surface area contributed by atoms with E-state index in [1.807, 2.05) is 45.0 Å². The minimum absolute atomic E-state index is 0.0419. The molecular formula is C17H26N2O2. The van der Waals surface area contributed by atoms with Gasteiger partial charge in [-0.2, -0.15) is 0 Å². The van der Waals surface area contributed by atoms with Gasteiger partial charge in [-0.05, 0) is 31.0 Å². The number of amides is 1. The quantitative estimate of drug-likeness (QED) is 0.876. The summed E-state index contributed by atoms with van der Waals surface area (Å²) in [5, 5.41) is 2.96. The molecule has 116 valence electrons. The summed E-state index contributed by atoms with van der Waals surface area (Å²) in [4.78, 5) is 12.6. The van der Waals surface area contributed by atoms with Gasteiger partial charge in [-0.1, -0.05) is 32.9 Å². The van der Waals surface area contributed by atoms with E-state index in [-0.39, 0.29) is 17.4 Å². The van der Waals surface area contributed by atoms with Gasteiger partial charge in [0.25, 0.3) is 0 Å². The van der Waals surface area contributed by atoms with Gasteiger partial charge in [0.05, 0.1) is 6.10 Å². The van der Waals surface area contributed by atoms with Crippen LogP contribution in [0.1, 0.15) is 39.7 Å². The van der Waals surface area contributed by atoms with Gasteiger partial charge in [0, 0.05) is 24.1 Å². The Morgan fingerprint density at radius 2 is 2.14 bits per heavy atom. The summed E-state index contributed by atoms with van der Waals surface area (Å²) >= 11 is 0. The number of nitrogens with one attached hydrogen (secondary N) is 1. The average Bonchev–Trinajstić information content (AvgIpc) is 2.46. The first kappa shape index (κ1) is 16.0. The van der Waals surface area contributed by atoms with E-state index < -0.39 is 5.54 Å².